The lowest BCUT2D eigenvalue weighted by Gasteiger charge is -1.75. The lowest BCUT2D eigenvalue weighted by molar-refractivity contribution is 0.961. The highest BCUT2D eigenvalue weighted by Gasteiger charge is 1.65. The smallest absolute Gasteiger partial charge is 0.0274 e. The molecule has 0 atom stereocenters. The molecule has 36 valence electrons. The Balaban J connectivity index is 2.66. The first kappa shape index (κ1) is 6.47. The van der Waals surface area contributed by atoms with Crippen molar-refractivity contribution in [2.75, 3.05) is 0 Å². The first-order valence-corrected chi connectivity index (χ1v) is 3.41. The molecular formula is C5H9I. The van der Waals surface area contributed by atoms with Crippen LogP contribution in [0.3, 0.4) is 0 Å². The maximum atomic E-state index is 2.23. The van der Waals surface area contributed by atoms with Crippen LogP contribution in [-0.2, 0) is 0 Å². The van der Waals surface area contributed by atoms with Gasteiger partial charge in [-0.2, -0.15) is 0 Å². The van der Waals surface area contributed by atoms with Crippen LogP contribution in [0.15, 0.2) is 10.2 Å². The van der Waals surface area contributed by atoms with Crippen LogP contribution in [0.5, 0.6) is 0 Å². The summed E-state index contributed by atoms with van der Waals surface area (Å²) < 4.78 is 2.06. The van der Waals surface area contributed by atoms with E-state index in [0.717, 1.165) is 0 Å². The second-order valence-corrected chi connectivity index (χ2v) is 1.87. The van der Waals surface area contributed by atoms with Crippen LogP contribution < -0.4 is 0 Å². The van der Waals surface area contributed by atoms with E-state index < -0.39 is 0 Å². The average Bonchev–Trinajstić information content (AvgIpc) is 1.61. The summed E-state index contributed by atoms with van der Waals surface area (Å²) in [5.74, 6) is 0. The molecule has 0 aromatic rings. The molecule has 0 unspecified atom stereocenters. The molecule has 0 fully saturated rings. The largest absolute Gasteiger partial charge is 0.0785 e. The van der Waals surface area contributed by atoms with Crippen LogP contribution >= 0.6 is 22.6 Å². The quantitative estimate of drug-likeness (QED) is 0.595. The summed E-state index contributed by atoms with van der Waals surface area (Å²) in [6.45, 7) is 2.18. The third kappa shape index (κ3) is 4.47. The van der Waals surface area contributed by atoms with Crippen LogP contribution in [-0.4, -0.2) is 0 Å². The van der Waals surface area contributed by atoms with Gasteiger partial charge in [-0.1, -0.05) is 42.0 Å². The van der Waals surface area contributed by atoms with Crippen LogP contribution in [0.1, 0.15) is 19.8 Å². The molecule has 0 aliphatic carbocycles. The van der Waals surface area contributed by atoms with E-state index in [1.807, 2.05) is 0 Å². The number of allylic oxidation sites excluding steroid dienone is 1. The normalized spacial score (nSPS) is 10.3. The van der Waals surface area contributed by atoms with E-state index in [0.29, 0.717) is 0 Å². The highest BCUT2D eigenvalue weighted by molar-refractivity contribution is 14.1. The highest BCUT2D eigenvalue weighted by Crippen LogP contribution is 1.90. The molecule has 0 nitrogen and oxygen atoms in total. The Morgan fingerprint density at radius 1 is 1.67 bits per heavy atom. The fourth-order valence-corrected chi connectivity index (χ4v) is 0.589. The van der Waals surface area contributed by atoms with Gasteiger partial charge in [0.05, 0.1) is 0 Å². The molecule has 0 aliphatic rings. The summed E-state index contributed by atoms with van der Waals surface area (Å²) in [7, 11) is 0. The zero-order valence-electron chi connectivity index (χ0n) is 3.95. The maximum absolute atomic E-state index is 2.23. The predicted octanol–water partition coefficient (Wildman–Crippen LogP) is 2.74. The van der Waals surface area contributed by atoms with Gasteiger partial charge < -0.3 is 0 Å². The van der Waals surface area contributed by atoms with Crippen molar-refractivity contribution in [3.63, 3.8) is 0 Å². The Morgan fingerprint density at radius 2 is 2.33 bits per heavy atom. The van der Waals surface area contributed by atoms with Crippen molar-refractivity contribution in [3.05, 3.63) is 10.2 Å². The molecule has 0 saturated carbocycles. The van der Waals surface area contributed by atoms with Gasteiger partial charge in [0, 0.05) is 0 Å². The molecule has 1 heteroatoms. The zero-order valence-corrected chi connectivity index (χ0v) is 6.10. The van der Waals surface area contributed by atoms with Crippen LogP contribution in [0.2, 0.25) is 0 Å². The average molecular weight is 196 g/mol. The minimum atomic E-state index is 1.23. The molecule has 0 saturated heterocycles. The minimum absolute atomic E-state index is 1.23. The summed E-state index contributed by atoms with van der Waals surface area (Å²) >= 11 is 2.23. The van der Waals surface area contributed by atoms with Crippen molar-refractivity contribution < 1.29 is 0 Å². The van der Waals surface area contributed by atoms with Gasteiger partial charge in [0.15, 0.2) is 0 Å². The van der Waals surface area contributed by atoms with E-state index in [1.165, 1.54) is 12.8 Å². The fourth-order valence-electron chi connectivity index (χ4n) is 0.230. The van der Waals surface area contributed by atoms with Gasteiger partial charge in [0.25, 0.3) is 0 Å². The summed E-state index contributed by atoms with van der Waals surface area (Å²) in [4.78, 5) is 0. The number of unbranched alkanes of at least 4 members (excludes halogenated alkanes) is 1. The molecule has 0 aromatic heterocycles. The minimum Gasteiger partial charge on any atom is -0.0785 e. The van der Waals surface area contributed by atoms with Gasteiger partial charge in [0.1, 0.15) is 0 Å². The van der Waals surface area contributed by atoms with Crippen molar-refractivity contribution in [2.24, 2.45) is 0 Å². The second-order valence-electron chi connectivity index (χ2n) is 1.15. The van der Waals surface area contributed by atoms with Crippen LogP contribution in [0, 0.1) is 0 Å². The van der Waals surface area contributed by atoms with Gasteiger partial charge in [-0.3, -0.25) is 0 Å². The predicted molar refractivity (Wildman–Crippen MR) is 38.1 cm³/mol. The molecule has 0 radical (unpaired) electrons. The first-order chi connectivity index (χ1) is 2.91. The standard InChI is InChI=1S/C5H9I/c1-2-3-4-5-6/h4-5H,2-3H2,1H3/b5-4-. The Labute approximate surface area is 52.8 Å². The Kier molecular flexibility index (Phi) is 5.90. The van der Waals surface area contributed by atoms with Gasteiger partial charge in [0.2, 0.25) is 0 Å². The Hall–Kier alpha value is 0.470. The number of hydrogen-bond acceptors (Lipinski definition) is 0. The van der Waals surface area contributed by atoms with E-state index in [4.69, 9.17) is 0 Å². The first-order valence-electron chi connectivity index (χ1n) is 2.17. The van der Waals surface area contributed by atoms with Crippen molar-refractivity contribution in [1.82, 2.24) is 0 Å². The molecular weight excluding hydrogens is 187 g/mol. The summed E-state index contributed by atoms with van der Waals surface area (Å²) in [5.41, 5.74) is 0. The van der Waals surface area contributed by atoms with Crippen LogP contribution in [0.4, 0.5) is 0 Å². The SMILES string of the molecule is CCC/C=C\I. The van der Waals surface area contributed by atoms with Gasteiger partial charge in [-0.25, -0.2) is 0 Å². The molecule has 0 aromatic carbocycles. The summed E-state index contributed by atoms with van der Waals surface area (Å²) in [5, 5.41) is 0. The maximum Gasteiger partial charge on any atom is -0.0274 e. The molecule has 6 heavy (non-hydrogen) atoms. The molecule has 0 bridgehead atoms. The van der Waals surface area contributed by atoms with E-state index >= 15 is 0 Å². The van der Waals surface area contributed by atoms with Crippen molar-refractivity contribution >= 4 is 22.6 Å². The van der Waals surface area contributed by atoms with Gasteiger partial charge in [-0.15, -0.1) is 0 Å². The van der Waals surface area contributed by atoms with Crippen molar-refractivity contribution in [1.29, 1.82) is 0 Å². The van der Waals surface area contributed by atoms with Gasteiger partial charge >= 0.3 is 0 Å². The highest BCUT2D eigenvalue weighted by atomic mass is 127. The van der Waals surface area contributed by atoms with E-state index in [2.05, 4.69) is 39.7 Å². The van der Waals surface area contributed by atoms with Gasteiger partial charge in [-0.05, 0) is 10.5 Å². The Morgan fingerprint density at radius 3 is 2.50 bits per heavy atom. The third-order valence-corrected chi connectivity index (χ3v) is 1.05. The number of hydrogen-bond donors (Lipinski definition) is 0. The second kappa shape index (κ2) is 5.47. The summed E-state index contributed by atoms with van der Waals surface area (Å²) in [6, 6.07) is 0. The summed E-state index contributed by atoms with van der Waals surface area (Å²) in [6.07, 6.45) is 4.66. The van der Waals surface area contributed by atoms with Crippen LogP contribution in [0.25, 0.3) is 0 Å². The zero-order chi connectivity index (χ0) is 4.83. The molecule has 0 spiro atoms. The number of halogens is 1. The lowest BCUT2D eigenvalue weighted by Crippen LogP contribution is -1.54. The van der Waals surface area contributed by atoms with Crippen molar-refractivity contribution in [3.8, 4) is 0 Å². The topological polar surface area (TPSA) is 0 Å². The van der Waals surface area contributed by atoms with E-state index in [9.17, 15) is 0 Å². The lowest BCUT2D eigenvalue weighted by atomic mass is 10.3. The van der Waals surface area contributed by atoms with E-state index in [-0.39, 0.29) is 0 Å². The fraction of sp³-hybridized carbons (Fsp3) is 0.600. The molecule has 0 amide bonds. The monoisotopic (exact) mass is 196 g/mol. The van der Waals surface area contributed by atoms with Crippen molar-refractivity contribution in [2.45, 2.75) is 19.8 Å². The molecule has 0 aliphatic heterocycles. The Bertz CT molecular complexity index is 39.2. The molecule has 0 N–H and O–H groups in total. The third-order valence-electron chi connectivity index (χ3n) is 0.544. The van der Waals surface area contributed by atoms with E-state index in [1.54, 1.807) is 0 Å². The number of rotatable bonds is 2. The molecule has 0 heterocycles. The molecule has 0 rings (SSSR count).